The predicted molar refractivity (Wildman–Crippen MR) is 61.3 cm³/mol. The number of hydrogen-bond donors (Lipinski definition) is 1. The van der Waals surface area contributed by atoms with E-state index in [1.165, 1.54) is 25.3 Å². The van der Waals surface area contributed by atoms with Crippen molar-refractivity contribution < 1.29 is 14.2 Å². The van der Waals surface area contributed by atoms with Gasteiger partial charge in [0.15, 0.2) is 0 Å². The van der Waals surface area contributed by atoms with Crippen LogP contribution in [-0.4, -0.2) is 17.2 Å². The number of rotatable bonds is 3. The molecule has 0 bridgehead atoms. The molecule has 0 saturated carbocycles. The number of methoxy groups -OCH3 is 1. The lowest BCUT2D eigenvalue weighted by molar-refractivity contribution is 0.214. The van der Waals surface area contributed by atoms with Crippen LogP contribution in [0, 0.1) is 5.82 Å². The van der Waals surface area contributed by atoms with Gasteiger partial charge in [-0.15, -0.1) is 0 Å². The normalized spacial score (nSPS) is 12.2. The molecule has 1 N–H and O–H groups in total. The molecule has 0 saturated heterocycles. The average Bonchev–Trinajstić information content (AvgIpc) is 2.39. The molecule has 2 rings (SSSR count). The molecule has 1 atom stereocenters. The standard InChI is InChI=1S/C13H12FNO2/c1-17-12-3-2-10(14)8-11(12)13(16)9-4-6-15-7-5-9/h2-8,13,16H,1H3. The van der Waals surface area contributed by atoms with E-state index in [1.54, 1.807) is 24.5 Å². The number of benzene rings is 1. The van der Waals surface area contributed by atoms with Crippen LogP contribution in [0.2, 0.25) is 0 Å². The molecule has 0 spiro atoms. The van der Waals surface area contributed by atoms with E-state index in [1.807, 2.05) is 0 Å². The minimum absolute atomic E-state index is 0.402. The second kappa shape index (κ2) is 4.93. The first kappa shape index (κ1) is 11.5. The highest BCUT2D eigenvalue weighted by Crippen LogP contribution is 2.30. The first-order valence-electron chi connectivity index (χ1n) is 5.14. The van der Waals surface area contributed by atoms with Crippen LogP contribution in [0.5, 0.6) is 5.75 Å². The first-order valence-corrected chi connectivity index (χ1v) is 5.14. The summed E-state index contributed by atoms with van der Waals surface area (Å²) in [7, 11) is 1.48. The molecule has 0 radical (unpaired) electrons. The van der Waals surface area contributed by atoms with Gasteiger partial charge < -0.3 is 9.84 Å². The van der Waals surface area contributed by atoms with Crippen LogP contribution in [0.15, 0.2) is 42.7 Å². The maximum atomic E-state index is 13.2. The van der Waals surface area contributed by atoms with Crippen molar-refractivity contribution in [3.05, 3.63) is 59.7 Å². The van der Waals surface area contributed by atoms with Crippen LogP contribution >= 0.6 is 0 Å². The molecule has 0 aliphatic rings. The summed E-state index contributed by atoms with van der Waals surface area (Å²) in [4.78, 5) is 3.87. The maximum Gasteiger partial charge on any atom is 0.125 e. The Bertz CT molecular complexity index is 502. The fraction of sp³-hybridized carbons (Fsp3) is 0.154. The Balaban J connectivity index is 2.43. The van der Waals surface area contributed by atoms with Gasteiger partial charge in [0.25, 0.3) is 0 Å². The zero-order valence-electron chi connectivity index (χ0n) is 9.30. The Kier molecular flexibility index (Phi) is 3.35. The summed E-state index contributed by atoms with van der Waals surface area (Å²) in [6.45, 7) is 0. The highest BCUT2D eigenvalue weighted by atomic mass is 19.1. The second-order valence-electron chi connectivity index (χ2n) is 3.57. The molecule has 2 aromatic rings. The van der Waals surface area contributed by atoms with E-state index in [0.717, 1.165) is 0 Å². The van der Waals surface area contributed by atoms with Crippen LogP contribution in [-0.2, 0) is 0 Å². The third kappa shape index (κ3) is 2.42. The third-order valence-corrected chi connectivity index (χ3v) is 2.51. The summed E-state index contributed by atoms with van der Waals surface area (Å²) in [5.41, 5.74) is 1.04. The summed E-state index contributed by atoms with van der Waals surface area (Å²) in [6, 6.07) is 7.41. The van der Waals surface area contributed by atoms with Crippen LogP contribution in [0.25, 0.3) is 0 Å². The number of pyridine rings is 1. The van der Waals surface area contributed by atoms with Crippen molar-refractivity contribution in [2.24, 2.45) is 0 Å². The van der Waals surface area contributed by atoms with Gasteiger partial charge in [0.1, 0.15) is 17.7 Å². The molecule has 1 aromatic carbocycles. The van der Waals surface area contributed by atoms with Gasteiger partial charge in [0.2, 0.25) is 0 Å². The number of aliphatic hydroxyl groups is 1. The highest BCUT2D eigenvalue weighted by Gasteiger charge is 2.16. The van der Waals surface area contributed by atoms with E-state index in [9.17, 15) is 9.50 Å². The topological polar surface area (TPSA) is 42.4 Å². The van der Waals surface area contributed by atoms with Gasteiger partial charge in [-0.3, -0.25) is 4.98 Å². The lowest BCUT2D eigenvalue weighted by atomic mass is 10.0. The number of nitrogens with zero attached hydrogens (tertiary/aromatic N) is 1. The fourth-order valence-corrected chi connectivity index (χ4v) is 1.64. The van der Waals surface area contributed by atoms with Crippen molar-refractivity contribution in [2.75, 3.05) is 7.11 Å². The molecular formula is C13H12FNO2. The van der Waals surface area contributed by atoms with Crippen LogP contribution in [0.1, 0.15) is 17.2 Å². The number of hydrogen-bond acceptors (Lipinski definition) is 3. The van der Waals surface area contributed by atoms with E-state index in [2.05, 4.69) is 4.98 Å². The summed E-state index contributed by atoms with van der Waals surface area (Å²) in [5.74, 6) is 0.0459. The molecule has 1 unspecified atom stereocenters. The second-order valence-corrected chi connectivity index (χ2v) is 3.57. The molecule has 0 aliphatic heterocycles. The van der Waals surface area contributed by atoms with Crippen molar-refractivity contribution in [1.29, 1.82) is 0 Å². The molecule has 0 amide bonds. The first-order chi connectivity index (χ1) is 8.22. The fourth-order valence-electron chi connectivity index (χ4n) is 1.64. The lowest BCUT2D eigenvalue weighted by Gasteiger charge is -2.14. The zero-order chi connectivity index (χ0) is 12.3. The number of aromatic nitrogens is 1. The average molecular weight is 233 g/mol. The molecule has 88 valence electrons. The summed E-state index contributed by atoms with van der Waals surface area (Å²) in [5, 5.41) is 10.2. The van der Waals surface area contributed by atoms with Crippen molar-refractivity contribution >= 4 is 0 Å². The minimum Gasteiger partial charge on any atom is -0.496 e. The quantitative estimate of drug-likeness (QED) is 0.884. The Morgan fingerprint density at radius 1 is 1.24 bits per heavy atom. The van der Waals surface area contributed by atoms with Gasteiger partial charge in [-0.1, -0.05) is 0 Å². The van der Waals surface area contributed by atoms with Crippen molar-refractivity contribution in [3.8, 4) is 5.75 Å². The SMILES string of the molecule is COc1ccc(F)cc1C(O)c1ccncc1. The number of ether oxygens (including phenoxy) is 1. The largest absolute Gasteiger partial charge is 0.496 e. The molecule has 0 aliphatic carbocycles. The highest BCUT2D eigenvalue weighted by molar-refractivity contribution is 5.40. The Morgan fingerprint density at radius 2 is 1.94 bits per heavy atom. The van der Waals surface area contributed by atoms with Gasteiger partial charge in [-0.25, -0.2) is 4.39 Å². The molecule has 3 nitrogen and oxygen atoms in total. The Hall–Kier alpha value is -1.94. The summed E-state index contributed by atoms with van der Waals surface area (Å²) < 4.78 is 18.3. The van der Waals surface area contributed by atoms with Crippen molar-refractivity contribution in [2.45, 2.75) is 6.10 Å². The van der Waals surface area contributed by atoms with Crippen molar-refractivity contribution in [1.82, 2.24) is 4.98 Å². The predicted octanol–water partition coefficient (Wildman–Crippen LogP) is 2.31. The van der Waals surface area contributed by atoms with Crippen LogP contribution in [0.3, 0.4) is 0 Å². The Morgan fingerprint density at radius 3 is 2.59 bits per heavy atom. The smallest absolute Gasteiger partial charge is 0.125 e. The molecular weight excluding hydrogens is 221 g/mol. The van der Waals surface area contributed by atoms with Crippen LogP contribution < -0.4 is 4.74 Å². The Labute approximate surface area is 98.5 Å². The minimum atomic E-state index is -0.927. The van der Waals surface area contributed by atoms with Crippen molar-refractivity contribution in [3.63, 3.8) is 0 Å². The number of halogens is 1. The molecule has 0 fully saturated rings. The van der Waals surface area contributed by atoms with Gasteiger partial charge >= 0.3 is 0 Å². The molecule has 4 heteroatoms. The maximum absolute atomic E-state index is 13.2. The van der Waals surface area contributed by atoms with E-state index >= 15 is 0 Å². The van der Waals surface area contributed by atoms with E-state index in [0.29, 0.717) is 16.9 Å². The summed E-state index contributed by atoms with van der Waals surface area (Å²) in [6.07, 6.45) is 2.22. The monoisotopic (exact) mass is 233 g/mol. The van der Waals surface area contributed by atoms with E-state index < -0.39 is 11.9 Å². The third-order valence-electron chi connectivity index (χ3n) is 2.51. The molecule has 17 heavy (non-hydrogen) atoms. The van der Waals surface area contributed by atoms with Crippen LogP contribution in [0.4, 0.5) is 4.39 Å². The van der Waals surface area contributed by atoms with E-state index in [4.69, 9.17) is 4.74 Å². The lowest BCUT2D eigenvalue weighted by Crippen LogP contribution is -2.03. The van der Waals surface area contributed by atoms with Gasteiger partial charge in [-0.2, -0.15) is 0 Å². The van der Waals surface area contributed by atoms with Gasteiger partial charge in [-0.05, 0) is 35.9 Å². The van der Waals surface area contributed by atoms with E-state index in [-0.39, 0.29) is 0 Å². The zero-order valence-corrected chi connectivity index (χ0v) is 9.30. The van der Waals surface area contributed by atoms with Gasteiger partial charge in [0, 0.05) is 18.0 Å². The molecule has 1 aromatic heterocycles. The molecule has 1 heterocycles. The van der Waals surface area contributed by atoms with Gasteiger partial charge in [0.05, 0.1) is 7.11 Å². The number of aliphatic hydroxyl groups excluding tert-OH is 1. The summed E-state index contributed by atoms with van der Waals surface area (Å²) >= 11 is 0.